The molecule has 0 amide bonds. The van der Waals surface area contributed by atoms with Crippen molar-refractivity contribution in [2.45, 2.75) is 19.6 Å². The van der Waals surface area contributed by atoms with E-state index in [0.29, 0.717) is 6.54 Å². The lowest BCUT2D eigenvalue weighted by Gasteiger charge is -2.08. The summed E-state index contributed by atoms with van der Waals surface area (Å²) in [7, 11) is 0. The van der Waals surface area contributed by atoms with Crippen LogP contribution in [0.2, 0.25) is 0 Å². The Morgan fingerprint density at radius 3 is 2.63 bits per heavy atom. The minimum absolute atomic E-state index is 0.0167. The van der Waals surface area contributed by atoms with Crippen molar-refractivity contribution >= 4 is 0 Å². The molecular weight excluding hydrogens is 240 g/mol. The fourth-order valence-corrected chi connectivity index (χ4v) is 1.88. The summed E-state index contributed by atoms with van der Waals surface area (Å²) in [4.78, 5) is 4.25. The van der Waals surface area contributed by atoms with E-state index >= 15 is 0 Å². The molecule has 3 N–H and O–H groups in total. The predicted molar refractivity (Wildman–Crippen MR) is 73.7 cm³/mol. The molecular formula is C15H18N2O2. The zero-order valence-electron chi connectivity index (χ0n) is 10.7. The summed E-state index contributed by atoms with van der Waals surface area (Å²) in [5, 5.41) is 21.7. The summed E-state index contributed by atoms with van der Waals surface area (Å²) in [6.07, 6.45) is 2.62. The van der Waals surface area contributed by atoms with E-state index in [2.05, 4.69) is 10.3 Å². The predicted octanol–water partition coefficient (Wildman–Crippen LogP) is 1.61. The second kappa shape index (κ2) is 6.87. The Morgan fingerprint density at radius 2 is 1.89 bits per heavy atom. The van der Waals surface area contributed by atoms with Crippen molar-refractivity contribution in [1.82, 2.24) is 10.3 Å². The number of phenols is 1. The summed E-state index contributed by atoms with van der Waals surface area (Å²) in [5.41, 5.74) is 2.92. The minimum Gasteiger partial charge on any atom is -0.508 e. The number of aliphatic hydroxyl groups is 1. The van der Waals surface area contributed by atoms with Gasteiger partial charge in [0.05, 0.1) is 12.3 Å². The number of pyridine rings is 1. The maximum atomic E-state index is 9.19. The van der Waals surface area contributed by atoms with Crippen LogP contribution in [-0.2, 0) is 19.6 Å². The molecule has 1 heterocycles. The first kappa shape index (κ1) is 13.5. The average Bonchev–Trinajstić information content (AvgIpc) is 2.46. The van der Waals surface area contributed by atoms with E-state index < -0.39 is 0 Å². The summed E-state index contributed by atoms with van der Waals surface area (Å²) < 4.78 is 0. The van der Waals surface area contributed by atoms with Gasteiger partial charge in [-0.2, -0.15) is 0 Å². The fourth-order valence-electron chi connectivity index (χ4n) is 1.88. The number of nitrogens with zero attached hydrogens (tertiary/aromatic N) is 1. The van der Waals surface area contributed by atoms with E-state index in [-0.39, 0.29) is 12.4 Å². The minimum atomic E-state index is 0.0167. The van der Waals surface area contributed by atoms with Gasteiger partial charge in [-0.3, -0.25) is 4.98 Å². The van der Waals surface area contributed by atoms with Crippen LogP contribution in [0.3, 0.4) is 0 Å². The Kier molecular flexibility index (Phi) is 4.89. The number of aliphatic hydroxyl groups excluding tert-OH is 1. The molecule has 0 saturated heterocycles. The highest BCUT2D eigenvalue weighted by Crippen LogP contribution is 2.10. The topological polar surface area (TPSA) is 65.4 Å². The van der Waals surface area contributed by atoms with Crippen LogP contribution >= 0.6 is 0 Å². The highest BCUT2D eigenvalue weighted by atomic mass is 16.3. The van der Waals surface area contributed by atoms with Gasteiger partial charge in [0.25, 0.3) is 0 Å². The molecule has 2 rings (SSSR count). The molecule has 19 heavy (non-hydrogen) atoms. The largest absolute Gasteiger partial charge is 0.508 e. The molecule has 4 heteroatoms. The van der Waals surface area contributed by atoms with Crippen LogP contribution in [0.25, 0.3) is 0 Å². The first-order chi connectivity index (χ1) is 9.29. The van der Waals surface area contributed by atoms with Crippen molar-refractivity contribution in [2.75, 3.05) is 6.54 Å². The Balaban J connectivity index is 1.79. The second-order valence-corrected chi connectivity index (χ2v) is 4.36. The van der Waals surface area contributed by atoms with Crippen molar-refractivity contribution in [2.24, 2.45) is 0 Å². The molecule has 0 fully saturated rings. The molecule has 4 nitrogen and oxygen atoms in total. The molecule has 0 aliphatic rings. The second-order valence-electron chi connectivity index (χ2n) is 4.36. The Morgan fingerprint density at radius 1 is 1.11 bits per heavy atom. The van der Waals surface area contributed by atoms with Crippen LogP contribution in [0.4, 0.5) is 0 Å². The summed E-state index contributed by atoms with van der Waals surface area (Å²) in [5.74, 6) is 0.290. The van der Waals surface area contributed by atoms with Gasteiger partial charge in [0.15, 0.2) is 0 Å². The zero-order chi connectivity index (χ0) is 13.5. The van der Waals surface area contributed by atoms with Crippen molar-refractivity contribution < 1.29 is 10.2 Å². The SMILES string of the molecule is OCc1cccnc1CNCCc1ccc(O)cc1. The molecule has 0 unspecified atom stereocenters. The summed E-state index contributed by atoms with van der Waals surface area (Å²) in [6, 6.07) is 10.9. The molecule has 100 valence electrons. The van der Waals surface area contributed by atoms with E-state index in [1.807, 2.05) is 24.3 Å². The van der Waals surface area contributed by atoms with Crippen molar-refractivity contribution in [3.63, 3.8) is 0 Å². The van der Waals surface area contributed by atoms with E-state index in [1.165, 1.54) is 5.56 Å². The molecule has 0 atom stereocenters. The van der Waals surface area contributed by atoms with Crippen LogP contribution in [0, 0.1) is 0 Å². The standard InChI is InChI=1S/C15H18N2O2/c18-11-13-2-1-8-17-15(13)10-16-9-7-12-3-5-14(19)6-4-12/h1-6,8,16,18-19H,7,9-11H2. The van der Waals surface area contributed by atoms with Gasteiger partial charge < -0.3 is 15.5 Å². The summed E-state index contributed by atoms with van der Waals surface area (Å²) >= 11 is 0. The van der Waals surface area contributed by atoms with Gasteiger partial charge in [0.2, 0.25) is 0 Å². The average molecular weight is 258 g/mol. The van der Waals surface area contributed by atoms with Crippen LogP contribution < -0.4 is 5.32 Å². The van der Waals surface area contributed by atoms with E-state index in [1.54, 1.807) is 18.3 Å². The van der Waals surface area contributed by atoms with Gasteiger partial charge >= 0.3 is 0 Å². The van der Waals surface area contributed by atoms with Gasteiger partial charge in [-0.25, -0.2) is 0 Å². The number of aromatic nitrogens is 1. The molecule has 0 aliphatic carbocycles. The zero-order valence-corrected chi connectivity index (χ0v) is 10.7. The van der Waals surface area contributed by atoms with Crippen molar-refractivity contribution in [3.8, 4) is 5.75 Å². The first-order valence-electron chi connectivity index (χ1n) is 6.32. The monoisotopic (exact) mass is 258 g/mol. The fraction of sp³-hybridized carbons (Fsp3) is 0.267. The Bertz CT molecular complexity index is 512. The van der Waals surface area contributed by atoms with Crippen LogP contribution in [0.15, 0.2) is 42.6 Å². The maximum Gasteiger partial charge on any atom is 0.115 e. The number of benzene rings is 1. The van der Waals surface area contributed by atoms with Gasteiger partial charge in [-0.1, -0.05) is 18.2 Å². The number of hydrogen-bond acceptors (Lipinski definition) is 4. The van der Waals surface area contributed by atoms with Gasteiger partial charge in [-0.15, -0.1) is 0 Å². The van der Waals surface area contributed by atoms with E-state index in [4.69, 9.17) is 0 Å². The third-order valence-corrected chi connectivity index (χ3v) is 2.97. The quantitative estimate of drug-likeness (QED) is 0.689. The third kappa shape index (κ3) is 4.05. The summed E-state index contributed by atoms with van der Waals surface area (Å²) in [6.45, 7) is 1.49. The molecule has 0 radical (unpaired) electrons. The van der Waals surface area contributed by atoms with Gasteiger partial charge in [-0.05, 0) is 36.7 Å². The first-order valence-corrected chi connectivity index (χ1v) is 6.32. The lowest BCUT2D eigenvalue weighted by molar-refractivity contribution is 0.279. The molecule has 1 aromatic heterocycles. The lowest BCUT2D eigenvalue weighted by Crippen LogP contribution is -2.18. The lowest BCUT2D eigenvalue weighted by atomic mass is 10.1. The Labute approximate surface area is 112 Å². The number of phenolic OH excluding ortho intramolecular Hbond substituents is 1. The van der Waals surface area contributed by atoms with Crippen LogP contribution in [0.5, 0.6) is 5.75 Å². The number of rotatable bonds is 6. The van der Waals surface area contributed by atoms with Gasteiger partial charge in [0, 0.05) is 18.3 Å². The van der Waals surface area contributed by atoms with E-state index in [9.17, 15) is 10.2 Å². The molecule has 0 saturated carbocycles. The number of aromatic hydroxyl groups is 1. The molecule has 1 aromatic carbocycles. The third-order valence-electron chi connectivity index (χ3n) is 2.97. The van der Waals surface area contributed by atoms with E-state index in [0.717, 1.165) is 24.2 Å². The maximum absolute atomic E-state index is 9.19. The molecule has 2 aromatic rings. The number of hydrogen-bond donors (Lipinski definition) is 3. The van der Waals surface area contributed by atoms with Crippen molar-refractivity contribution in [3.05, 3.63) is 59.4 Å². The highest BCUT2D eigenvalue weighted by molar-refractivity contribution is 5.26. The molecule has 0 aliphatic heterocycles. The highest BCUT2D eigenvalue weighted by Gasteiger charge is 2.01. The number of nitrogens with one attached hydrogen (secondary N) is 1. The van der Waals surface area contributed by atoms with Gasteiger partial charge in [0.1, 0.15) is 5.75 Å². The molecule has 0 bridgehead atoms. The Hall–Kier alpha value is -1.91. The smallest absolute Gasteiger partial charge is 0.115 e. The normalized spacial score (nSPS) is 10.6. The van der Waals surface area contributed by atoms with Crippen molar-refractivity contribution in [1.29, 1.82) is 0 Å². The molecule has 0 spiro atoms. The van der Waals surface area contributed by atoms with Crippen LogP contribution in [-0.4, -0.2) is 21.7 Å². The van der Waals surface area contributed by atoms with Crippen LogP contribution in [0.1, 0.15) is 16.8 Å².